The maximum absolute atomic E-state index is 13.7. The number of pyridine rings is 1. The topological polar surface area (TPSA) is 82.8 Å². The Kier molecular flexibility index (Phi) is 6.14. The van der Waals surface area contributed by atoms with Crippen LogP contribution in [0.5, 0.6) is 0 Å². The zero-order valence-corrected chi connectivity index (χ0v) is 18.2. The molecule has 2 aromatic heterocycles. The van der Waals surface area contributed by atoms with Crippen molar-refractivity contribution < 1.29 is 13.6 Å². The van der Waals surface area contributed by atoms with Crippen molar-refractivity contribution in [2.75, 3.05) is 13.1 Å². The molecule has 0 spiro atoms. The molecule has 0 saturated carbocycles. The molecule has 4 rings (SSSR count). The fraction of sp³-hybridized carbons (Fsp3) is 0.320. The lowest BCUT2D eigenvalue weighted by Gasteiger charge is -2.37. The Balaban J connectivity index is 1.50. The first kappa shape index (κ1) is 22.5. The summed E-state index contributed by atoms with van der Waals surface area (Å²) in [6.45, 7) is 1.66. The fourth-order valence-corrected chi connectivity index (χ4v) is 4.19. The highest BCUT2D eigenvalue weighted by atomic mass is 19.3. The van der Waals surface area contributed by atoms with Crippen LogP contribution in [0.25, 0.3) is 11.4 Å². The van der Waals surface area contributed by atoms with E-state index in [9.17, 15) is 18.8 Å². The number of aromatic nitrogens is 3. The number of amides is 1. The molecule has 6 nitrogen and oxygen atoms in total. The molecular weight excluding hydrogens is 424 g/mol. The van der Waals surface area contributed by atoms with Gasteiger partial charge in [-0.25, -0.2) is 18.7 Å². The summed E-state index contributed by atoms with van der Waals surface area (Å²) in [6, 6.07) is 13.8. The van der Waals surface area contributed by atoms with Crippen LogP contribution in [-0.4, -0.2) is 38.8 Å². The van der Waals surface area contributed by atoms with Gasteiger partial charge in [-0.3, -0.25) is 9.78 Å². The first-order valence-corrected chi connectivity index (χ1v) is 10.7. The molecule has 0 aliphatic carbocycles. The van der Waals surface area contributed by atoms with E-state index in [0.717, 1.165) is 6.92 Å². The zero-order valence-electron chi connectivity index (χ0n) is 18.2. The van der Waals surface area contributed by atoms with E-state index in [1.807, 2.05) is 0 Å². The fourth-order valence-electron chi connectivity index (χ4n) is 4.19. The zero-order chi connectivity index (χ0) is 23.5. The number of hydrogen-bond donors (Lipinski definition) is 0. The van der Waals surface area contributed by atoms with E-state index in [1.54, 1.807) is 47.6 Å². The van der Waals surface area contributed by atoms with Gasteiger partial charge in [0.1, 0.15) is 12.0 Å². The largest absolute Gasteiger partial charge is 0.338 e. The number of benzene rings is 1. The Bertz CT molecular complexity index is 1180. The summed E-state index contributed by atoms with van der Waals surface area (Å²) in [6.07, 6.45) is 5.91. The van der Waals surface area contributed by atoms with Crippen LogP contribution in [0.2, 0.25) is 0 Å². The number of halogens is 2. The van der Waals surface area contributed by atoms with Crippen LogP contribution in [0, 0.1) is 16.7 Å². The molecular formula is C25H23F2N5O. The van der Waals surface area contributed by atoms with Crippen molar-refractivity contribution in [3.8, 4) is 17.5 Å². The second-order valence-electron chi connectivity index (χ2n) is 8.44. The number of rotatable bonds is 5. The Labute approximate surface area is 190 Å². The van der Waals surface area contributed by atoms with Gasteiger partial charge >= 0.3 is 0 Å². The standard InChI is InChI=1S/C25H23F2N5O/c1-24(26,27)19-5-2-4-18(14-19)15-25(16-28)8-12-32(13-9-25)23(33)20-6-3-10-30-22(20)21-7-11-29-17-31-21/h2-7,10-11,14,17H,8-9,12-13,15H2,1H3. The van der Waals surface area contributed by atoms with Gasteiger partial charge in [-0.1, -0.05) is 18.2 Å². The van der Waals surface area contributed by atoms with Crippen molar-refractivity contribution in [3.05, 3.63) is 77.9 Å². The lowest BCUT2D eigenvalue weighted by atomic mass is 9.74. The summed E-state index contributed by atoms with van der Waals surface area (Å²) in [5.74, 6) is -3.10. The van der Waals surface area contributed by atoms with Crippen LogP contribution in [-0.2, 0) is 12.3 Å². The van der Waals surface area contributed by atoms with Crippen molar-refractivity contribution in [3.63, 3.8) is 0 Å². The molecule has 3 heterocycles. The van der Waals surface area contributed by atoms with E-state index >= 15 is 0 Å². The molecule has 1 saturated heterocycles. The number of alkyl halides is 2. The van der Waals surface area contributed by atoms with Crippen molar-refractivity contribution in [1.29, 1.82) is 5.26 Å². The second-order valence-corrected chi connectivity index (χ2v) is 8.44. The molecule has 8 heteroatoms. The van der Waals surface area contributed by atoms with E-state index in [4.69, 9.17) is 0 Å². The Morgan fingerprint density at radius 2 is 1.94 bits per heavy atom. The Morgan fingerprint density at radius 3 is 2.61 bits per heavy atom. The smallest absolute Gasteiger partial charge is 0.270 e. The molecule has 33 heavy (non-hydrogen) atoms. The van der Waals surface area contributed by atoms with Gasteiger partial charge in [-0.15, -0.1) is 0 Å². The minimum absolute atomic E-state index is 0.0606. The highest BCUT2D eigenvalue weighted by Gasteiger charge is 2.37. The summed E-state index contributed by atoms with van der Waals surface area (Å²) in [7, 11) is 0. The van der Waals surface area contributed by atoms with Gasteiger partial charge in [0.05, 0.1) is 22.7 Å². The lowest BCUT2D eigenvalue weighted by molar-refractivity contribution is 0.0173. The van der Waals surface area contributed by atoms with Crippen LogP contribution in [0.15, 0.2) is 61.2 Å². The monoisotopic (exact) mass is 447 g/mol. The van der Waals surface area contributed by atoms with Gasteiger partial charge in [-0.05, 0) is 49.1 Å². The number of nitriles is 1. The minimum Gasteiger partial charge on any atom is -0.338 e. The summed E-state index contributed by atoms with van der Waals surface area (Å²) >= 11 is 0. The third kappa shape index (κ3) is 4.87. The third-order valence-electron chi connectivity index (χ3n) is 6.08. The van der Waals surface area contributed by atoms with Gasteiger partial charge < -0.3 is 4.90 Å². The first-order valence-electron chi connectivity index (χ1n) is 10.7. The SMILES string of the molecule is CC(F)(F)c1cccc(CC2(C#N)CCN(C(=O)c3cccnc3-c3ccncn3)CC2)c1. The molecule has 0 bridgehead atoms. The number of nitrogens with zero attached hydrogens (tertiary/aromatic N) is 5. The average molecular weight is 447 g/mol. The highest BCUT2D eigenvalue weighted by Crippen LogP contribution is 2.36. The molecule has 0 radical (unpaired) electrons. The van der Waals surface area contributed by atoms with Crippen LogP contribution >= 0.6 is 0 Å². The molecule has 1 aliphatic heterocycles. The number of carbonyl (C=O) groups excluding carboxylic acids is 1. The van der Waals surface area contributed by atoms with E-state index < -0.39 is 11.3 Å². The molecule has 1 aliphatic rings. The summed E-state index contributed by atoms with van der Waals surface area (Å²) in [5, 5.41) is 9.94. The van der Waals surface area contributed by atoms with Crippen molar-refractivity contribution in [1.82, 2.24) is 19.9 Å². The summed E-state index contributed by atoms with van der Waals surface area (Å²) < 4.78 is 27.4. The van der Waals surface area contributed by atoms with Crippen LogP contribution < -0.4 is 0 Å². The number of piperidine rings is 1. The van der Waals surface area contributed by atoms with Crippen LogP contribution in [0.3, 0.4) is 0 Å². The number of hydrogen-bond acceptors (Lipinski definition) is 5. The van der Waals surface area contributed by atoms with Crippen LogP contribution in [0.4, 0.5) is 8.78 Å². The van der Waals surface area contributed by atoms with E-state index in [0.29, 0.717) is 54.9 Å². The van der Waals surface area contributed by atoms with Gasteiger partial charge in [0.25, 0.3) is 11.8 Å². The molecule has 1 fully saturated rings. The van der Waals surface area contributed by atoms with E-state index in [1.165, 1.54) is 18.5 Å². The van der Waals surface area contributed by atoms with Gasteiger partial charge in [0.2, 0.25) is 0 Å². The maximum atomic E-state index is 13.7. The molecule has 1 amide bonds. The van der Waals surface area contributed by atoms with Gasteiger partial charge in [0.15, 0.2) is 0 Å². The Hall–Kier alpha value is -3.73. The molecule has 0 N–H and O–H groups in total. The van der Waals surface area contributed by atoms with E-state index in [-0.39, 0.29) is 11.5 Å². The Morgan fingerprint density at radius 1 is 1.15 bits per heavy atom. The van der Waals surface area contributed by atoms with Crippen molar-refractivity contribution in [2.45, 2.75) is 32.1 Å². The third-order valence-corrected chi connectivity index (χ3v) is 6.08. The van der Waals surface area contributed by atoms with Crippen molar-refractivity contribution in [2.24, 2.45) is 5.41 Å². The maximum Gasteiger partial charge on any atom is 0.270 e. The summed E-state index contributed by atoms with van der Waals surface area (Å²) in [4.78, 5) is 27.5. The number of carbonyl (C=O) groups is 1. The average Bonchev–Trinajstić information content (AvgIpc) is 2.84. The first-order chi connectivity index (χ1) is 15.8. The second kappa shape index (κ2) is 9.02. The number of likely N-dealkylation sites (tertiary alicyclic amines) is 1. The molecule has 0 atom stereocenters. The highest BCUT2D eigenvalue weighted by molar-refractivity contribution is 5.99. The van der Waals surface area contributed by atoms with Gasteiger partial charge in [-0.2, -0.15) is 5.26 Å². The van der Waals surface area contributed by atoms with Gasteiger partial charge in [0, 0.05) is 38.0 Å². The summed E-state index contributed by atoms with van der Waals surface area (Å²) in [5.41, 5.74) is 1.43. The quantitative estimate of drug-likeness (QED) is 0.569. The molecule has 3 aromatic rings. The van der Waals surface area contributed by atoms with Crippen molar-refractivity contribution >= 4 is 5.91 Å². The predicted octanol–water partition coefficient (Wildman–Crippen LogP) is 4.64. The lowest BCUT2D eigenvalue weighted by Crippen LogP contribution is -2.43. The molecule has 0 unspecified atom stereocenters. The predicted molar refractivity (Wildman–Crippen MR) is 118 cm³/mol. The molecule has 1 aromatic carbocycles. The van der Waals surface area contributed by atoms with Crippen LogP contribution in [0.1, 0.15) is 41.3 Å². The normalized spacial score (nSPS) is 15.6. The van der Waals surface area contributed by atoms with E-state index in [2.05, 4.69) is 21.0 Å². The minimum atomic E-state index is -2.93. The molecule has 168 valence electrons.